The molecule has 0 bridgehead atoms. The minimum Gasteiger partial charge on any atom is -0.399 e. The van der Waals surface area contributed by atoms with Crippen molar-refractivity contribution in [3.63, 3.8) is 0 Å². The highest BCUT2D eigenvalue weighted by molar-refractivity contribution is 5.40. The van der Waals surface area contributed by atoms with Crippen LogP contribution in [-0.2, 0) is 11.2 Å². The molecule has 3 heteroatoms. The van der Waals surface area contributed by atoms with Gasteiger partial charge < -0.3 is 15.4 Å². The van der Waals surface area contributed by atoms with E-state index in [4.69, 9.17) is 10.5 Å². The quantitative estimate of drug-likeness (QED) is 0.812. The Morgan fingerprint density at radius 1 is 1.33 bits per heavy atom. The predicted octanol–water partition coefficient (Wildman–Crippen LogP) is 2.17. The van der Waals surface area contributed by atoms with Crippen LogP contribution >= 0.6 is 0 Å². The van der Waals surface area contributed by atoms with Crippen molar-refractivity contribution < 1.29 is 4.74 Å². The first kappa shape index (κ1) is 13.4. The molecule has 1 aromatic carbocycles. The highest BCUT2D eigenvalue weighted by Crippen LogP contribution is 2.16. The second-order valence-corrected chi connectivity index (χ2v) is 5.31. The molecule has 0 unspecified atom stereocenters. The first-order chi connectivity index (χ1) is 8.74. The molecule has 1 fully saturated rings. The maximum absolute atomic E-state index is 5.79. The van der Waals surface area contributed by atoms with E-state index in [1.165, 1.54) is 24.9 Å². The van der Waals surface area contributed by atoms with Gasteiger partial charge in [-0.15, -0.1) is 0 Å². The predicted molar refractivity (Wildman–Crippen MR) is 75.6 cm³/mol. The van der Waals surface area contributed by atoms with Crippen molar-refractivity contribution in [2.45, 2.75) is 19.3 Å². The van der Waals surface area contributed by atoms with Crippen LogP contribution in [-0.4, -0.2) is 38.3 Å². The van der Waals surface area contributed by atoms with E-state index in [0.29, 0.717) is 0 Å². The van der Waals surface area contributed by atoms with Crippen molar-refractivity contribution in [3.8, 4) is 0 Å². The van der Waals surface area contributed by atoms with Gasteiger partial charge in [-0.05, 0) is 49.9 Å². The first-order valence-electron chi connectivity index (χ1n) is 6.85. The highest BCUT2D eigenvalue weighted by Gasteiger charge is 2.15. The Kier molecular flexibility index (Phi) is 5.02. The minimum absolute atomic E-state index is 0.810. The van der Waals surface area contributed by atoms with Crippen molar-refractivity contribution >= 4 is 5.69 Å². The van der Waals surface area contributed by atoms with Crippen LogP contribution in [0.2, 0.25) is 0 Å². The zero-order valence-electron chi connectivity index (χ0n) is 11.3. The molecule has 0 aliphatic carbocycles. The van der Waals surface area contributed by atoms with E-state index in [2.05, 4.69) is 24.1 Å². The summed E-state index contributed by atoms with van der Waals surface area (Å²) in [5, 5.41) is 0. The molecule has 1 saturated heterocycles. The molecule has 1 aliphatic heterocycles. The number of ether oxygens (including phenoxy) is 1. The lowest BCUT2D eigenvalue weighted by Crippen LogP contribution is -2.31. The summed E-state index contributed by atoms with van der Waals surface area (Å²) in [4.78, 5) is 2.43. The third-order valence-corrected chi connectivity index (χ3v) is 3.64. The van der Waals surface area contributed by atoms with Crippen LogP contribution in [0.5, 0.6) is 0 Å². The van der Waals surface area contributed by atoms with Gasteiger partial charge in [0.1, 0.15) is 0 Å². The molecular weight excluding hydrogens is 224 g/mol. The van der Waals surface area contributed by atoms with E-state index in [1.54, 1.807) is 0 Å². The van der Waals surface area contributed by atoms with Gasteiger partial charge in [0, 0.05) is 32.0 Å². The molecule has 0 spiro atoms. The summed E-state index contributed by atoms with van der Waals surface area (Å²) in [6.07, 6.45) is 3.50. The maximum Gasteiger partial charge on any atom is 0.0469 e. The Balaban J connectivity index is 1.72. The molecule has 0 saturated carbocycles. The summed E-state index contributed by atoms with van der Waals surface area (Å²) in [5.41, 5.74) is 7.98. The van der Waals surface area contributed by atoms with E-state index in [1.807, 2.05) is 12.1 Å². The van der Waals surface area contributed by atoms with Crippen LogP contribution < -0.4 is 5.73 Å². The van der Waals surface area contributed by atoms with Gasteiger partial charge in [-0.3, -0.25) is 0 Å². The van der Waals surface area contributed by atoms with Crippen LogP contribution in [0.1, 0.15) is 18.4 Å². The second-order valence-electron chi connectivity index (χ2n) is 5.31. The number of rotatable bonds is 5. The Hall–Kier alpha value is -1.06. The smallest absolute Gasteiger partial charge is 0.0469 e. The van der Waals surface area contributed by atoms with Gasteiger partial charge in [-0.25, -0.2) is 0 Å². The first-order valence-corrected chi connectivity index (χ1v) is 6.85. The molecule has 3 nitrogen and oxygen atoms in total. The van der Waals surface area contributed by atoms with Crippen LogP contribution in [0.15, 0.2) is 24.3 Å². The zero-order chi connectivity index (χ0) is 12.8. The lowest BCUT2D eigenvalue weighted by molar-refractivity contribution is 0.0559. The summed E-state index contributed by atoms with van der Waals surface area (Å²) >= 11 is 0. The van der Waals surface area contributed by atoms with Crippen molar-refractivity contribution in [1.29, 1.82) is 0 Å². The van der Waals surface area contributed by atoms with Crippen LogP contribution in [0.3, 0.4) is 0 Å². The normalized spacial score (nSPS) is 17.2. The molecule has 18 heavy (non-hydrogen) atoms. The lowest BCUT2D eigenvalue weighted by atomic mass is 10.00. The maximum atomic E-state index is 5.79. The summed E-state index contributed by atoms with van der Waals surface area (Å²) in [7, 11) is 2.21. The Morgan fingerprint density at radius 3 is 2.83 bits per heavy atom. The SMILES string of the molecule is CN(CCc1cccc(N)c1)CC1CCOCC1. The van der Waals surface area contributed by atoms with Gasteiger partial charge >= 0.3 is 0 Å². The third kappa shape index (κ3) is 4.31. The number of hydrogen-bond acceptors (Lipinski definition) is 3. The van der Waals surface area contributed by atoms with Gasteiger partial charge in [0.2, 0.25) is 0 Å². The summed E-state index contributed by atoms with van der Waals surface area (Å²) < 4.78 is 5.39. The molecule has 0 amide bonds. The molecule has 1 heterocycles. The average molecular weight is 248 g/mol. The number of nitrogens with zero attached hydrogens (tertiary/aromatic N) is 1. The third-order valence-electron chi connectivity index (χ3n) is 3.64. The van der Waals surface area contributed by atoms with E-state index in [-0.39, 0.29) is 0 Å². The van der Waals surface area contributed by atoms with Gasteiger partial charge in [-0.1, -0.05) is 12.1 Å². The number of nitrogen functional groups attached to an aromatic ring is 1. The lowest BCUT2D eigenvalue weighted by Gasteiger charge is -2.27. The number of hydrogen-bond donors (Lipinski definition) is 1. The molecule has 1 aliphatic rings. The molecule has 100 valence electrons. The van der Waals surface area contributed by atoms with Crippen molar-refractivity contribution in [3.05, 3.63) is 29.8 Å². The fourth-order valence-corrected chi connectivity index (χ4v) is 2.53. The number of benzene rings is 1. The van der Waals surface area contributed by atoms with Crippen molar-refractivity contribution in [2.24, 2.45) is 5.92 Å². The summed E-state index contributed by atoms with van der Waals surface area (Å²) in [6, 6.07) is 8.19. The van der Waals surface area contributed by atoms with E-state index < -0.39 is 0 Å². The molecule has 2 N–H and O–H groups in total. The molecule has 0 radical (unpaired) electrons. The average Bonchev–Trinajstić information content (AvgIpc) is 2.38. The molecule has 2 rings (SSSR count). The minimum atomic E-state index is 0.810. The van der Waals surface area contributed by atoms with E-state index in [0.717, 1.165) is 37.8 Å². The van der Waals surface area contributed by atoms with Gasteiger partial charge in [0.05, 0.1) is 0 Å². The fourth-order valence-electron chi connectivity index (χ4n) is 2.53. The number of nitrogens with two attached hydrogens (primary N) is 1. The van der Waals surface area contributed by atoms with Crippen molar-refractivity contribution in [2.75, 3.05) is 39.1 Å². The number of likely N-dealkylation sites (N-methyl/N-ethyl adjacent to an activating group) is 1. The zero-order valence-corrected chi connectivity index (χ0v) is 11.3. The van der Waals surface area contributed by atoms with Gasteiger partial charge in [-0.2, -0.15) is 0 Å². The molecule has 1 aromatic rings. The molecular formula is C15H24N2O. The van der Waals surface area contributed by atoms with Crippen molar-refractivity contribution in [1.82, 2.24) is 4.90 Å². The highest BCUT2D eigenvalue weighted by atomic mass is 16.5. The standard InChI is InChI=1S/C15H24N2O/c1-17(12-14-6-9-18-10-7-14)8-5-13-3-2-4-15(16)11-13/h2-4,11,14H,5-10,12,16H2,1H3. The topological polar surface area (TPSA) is 38.5 Å². The van der Waals surface area contributed by atoms with Gasteiger partial charge in [0.25, 0.3) is 0 Å². The van der Waals surface area contributed by atoms with E-state index >= 15 is 0 Å². The monoisotopic (exact) mass is 248 g/mol. The van der Waals surface area contributed by atoms with Crippen LogP contribution in [0.4, 0.5) is 5.69 Å². The Labute approximate surface area is 110 Å². The van der Waals surface area contributed by atoms with Crippen LogP contribution in [0.25, 0.3) is 0 Å². The summed E-state index contributed by atoms with van der Waals surface area (Å²) in [5.74, 6) is 0.810. The second kappa shape index (κ2) is 6.76. The molecule has 0 aromatic heterocycles. The largest absolute Gasteiger partial charge is 0.399 e. The van der Waals surface area contributed by atoms with E-state index in [9.17, 15) is 0 Å². The fraction of sp³-hybridized carbons (Fsp3) is 0.600. The number of anilines is 1. The summed E-state index contributed by atoms with van der Waals surface area (Å²) in [6.45, 7) is 4.16. The molecule has 0 atom stereocenters. The van der Waals surface area contributed by atoms with Gasteiger partial charge in [0.15, 0.2) is 0 Å². The Morgan fingerprint density at radius 2 is 2.11 bits per heavy atom. The Bertz CT molecular complexity index is 361. The van der Waals surface area contributed by atoms with Crippen LogP contribution in [0, 0.1) is 5.92 Å².